The number of nitrogens with one attached hydrogen (secondary N) is 2. The van der Waals surface area contributed by atoms with Crippen LogP contribution < -0.4 is 10.6 Å². The van der Waals surface area contributed by atoms with Crippen LogP contribution in [0.4, 0.5) is 23.0 Å². The van der Waals surface area contributed by atoms with Gasteiger partial charge in [-0.05, 0) is 42.7 Å². The Morgan fingerprint density at radius 1 is 0.963 bits per heavy atom. The lowest BCUT2D eigenvalue weighted by Gasteiger charge is -2.07. The van der Waals surface area contributed by atoms with Crippen molar-refractivity contribution in [2.24, 2.45) is 0 Å². The highest BCUT2D eigenvalue weighted by molar-refractivity contribution is 7.08. The van der Waals surface area contributed by atoms with Crippen molar-refractivity contribution in [1.82, 2.24) is 19.4 Å². The van der Waals surface area contributed by atoms with Crippen molar-refractivity contribution in [3.63, 3.8) is 0 Å². The Hall–Kier alpha value is -3.52. The lowest BCUT2D eigenvalue weighted by atomic mass is 10.3. The second-order valence-electron chi connectivity index (χ2n) is 5.80. The van der Waals surface area contributed by atoms with Gasteiger partial charge in [0.05, 0.1) is 5.69 Å². The van der Waals surface area contributed by atoms with Crippen LogP contribution in [0.1, 0.15) is 15.4 Å². The largest absolute Gasteiger partial charge is 0.340 e. The Bertz CT molecular complexity index is 1060. The van der Waals surface area contributed by atoms with E-state index in [-0.39, 0.29) is 5.91 Å². The van der Waals surface area contributed by atoms with E-state index >= 15 is 0 Å². The van der Waals surface area contributed by atoms with E-state index in [9.17, 15) is 4.79 Å². The van der Waals surface area contributed by atoms with Gasteiger partial charge in [-0.1, -0.05) is 40.9 Å². The molecule has 0 aliphatic rings. The molecule has 0 fully saturated rings. The molecular formula is C19H16N6OS. The molecule has 0 aliphatic heterocycles. The number of rotatable bonds is 5. The average molecular weight is 376 g/mol. The smallest absolute Gasteiger partial charge is 0.293 e. The Labute approximate surface area is 159 Å². The summed E-state index contributed by atoms with van der Waals surface area (Å²) in [7, 11) is 0. The molecule has 8 heteroatoms. The lowest BCUT2D eigenvalue weighted by molar-refractivity contribution is 0.0951. The van der Waals surface area contributed by atoms with E-state index < -0.39 is 0 Å². The van der Waals surface area contributed by atoms with Crippen LogP contribution >= 0.6 is 11.5 Å². The second-order valence-corrected chi connectivity index (χ2v) is 6.56. The number of aryl methyl sites for hydroxylation is 1. The van der Waals surface area contributed by atoms with Gasteiger partial charge >= 0.3 is 0 Å². The van der Waals surface area contributed by atoms with Gasteiger partial charge < -0.3 is 10.6 Å². The van der Waals surface area contributed by atoms with E-state index in [1.165, 1.54) is 4.68 Å². The molecule has 4 aromatic rings. The van der Waals surface area contributed by atoms with Crippen LogP contribution in [0.3, 0.4) is 0 Å². The molecule has 0 saturated heterocycles. The molecule has 2 N–H and O–H groups in total. The van der Waals surface area contributed by atoms with Crippen molar-refractivity contribution in [3.8, 4) is 0 Å². The van der Waals surface area contributed by atoms with Crippen molar-refractivity contribution in [3.05, 3.63) is 77.3 Å². The quantitative estimate of drug-likeness (QED) is 0.542. The van der Waals surface area contributed by atoms with E-state index in [0.717, 1.165) is 22.9 Å². The fourth-order valence-electron chi connectivity index (χ4n) is 2.55. The molecule has 0 spiro atoms. The van der Waals surface area contributed by atoms with Gasteiger partial charge in [0.25, 0.3) is 5.91 Å². The lowest BCUT2D eigenvalue weighted by Crippen LogP contribution is -2.16. The zero-order chi connectivity index (χ0) is 18.6. The molecule has 0 radical (unpaired) electrons. The van der Waals surface area contributed by atoms with E-state index in [4.69, 9.17) is 0 Å². The molecule has 0 unspecified atom stereocenters. The van der Waals surface area contributed by atoms with Crippen LogP contribution in [0, 0.1) is 6.92 Å². The molecule has 2 heterocycles. The highest BCUT2D eigenvalue weighted by Gasteiger charge is 2.21. The van der Waals surface area contributed by atoms with Crippen LogP contribution in [-0.2, 0) is 0 Å². The van der Waals surface area contributed by atoms with E-state index in [1.54, 1.807) is 13.0 Å². The topological polar surface area (TPSA) is 84.7 Å². The molecule has 7 nitrogen and oxygen atoms in total. The number of hydrogen-bond donors (Lipinski definition) is 2. The Morgan fingerprint density at radius 3 is 2.19 bits per heavy atom. The van der Waals surface area contributed by atoms with Gasteiger partial charge in [0, 0.05) is 17.4 Å². The van der Waals surface area contributed by atoms with Crippen molar-refractivity contribution >= 4 is 40.5 Å². The number of aromatic nitrogens is 4. The summed E-state index contributed by atoms with van der Waals surface area (Å²) < 4.78 is 5.18. The Balaban J connectivity index is 1.71. The molecular weight excluding hydrogens is 360 g/mol. The van der Waals surface area contributed by atoms with E-state index in [0.29, 0.717) is 22.2 Å². The third-order valence-corrected chi connectivity index (χ3v) is 4.66. The number of carbonyl (C=O) groups excluding carboxylic acids is 1. The Morgan fingerprint density at radius 2 is 1.59 bits per heavy atom. The van der Waals surface area contributed by atoms with E-state index in [1.807, 2.05) is 60.7 Å². The summed E-state index contributed by atoms with van der Waals surface area (Å²) in [4.78, 5) is 13.4. The van der Waals surface area contributed by atoms with Gasteiger partial charge in [0.15, 0.2) is 5.82 Å². The minimum absolute atomic E-state index is 0.276. The summed E-state index contributed by atoms with van der Waals surface area (Å²) >= 11 is 1.06. The first-order valence-electron chi connectivity index (χ1n) is 8.28. The van der Waals surface area contributed by atoms with Crippen LogP contribution in [0.5, 0.6) is 0 Å². The third kappa shape index (κ3) is 3.70. The Kier molecular flexibility index (Phi) is 4.63. The number of para-hydroxylation sites is 2. The number of nitrogens with zero attached hydrogens (tertiary/aromatic N) is 4. The van der Waals surface area contributed by atoms with Gasteiger partial charge in [-0.15, -0.1) is 10.2 Å². The van der Waals surface area contributed by atoms with Crippen LogP contribution in [0.15, 0.2) is 66.7 Å². The van der Waals surface area contributed by atoms with Gasteiger partial charge in [-0.3, -0.25) is 4.79 Å². The maximum atomic E-state index is 13.0. The fraction of sp³-hybridized carbons (Fsp3) is 0.0526. The third-order valence-electron chi connectivity index (χ3n) is 3.84. The van der Waals surface area contributed by atoms with Gasteiger partial charge in [0.1, 0.15) is 10.7 Å². The first kappa shape index (κ1) is 16.9. The molecule has 27 heavy (non-hydrogen) atoms. The summed E-state index contributed by atoms with van der Waals surface area (Å²) in [5, 5.41) is 14.8. The van der Waals surface area contributed by atoms with Crippen molar-refractivity contribution < 1.29 is 4.79 Å². The van der Waals surface area contributed by atoms with Gasteiger partial charge in [0.2, 0.25) is 0 Å². The molecule has 134 valence electrons. The van der Waals surface area contributed by atoms with Crippen LogP contribution in [0.2, 0.25) is 0 Å². The van der Waals surface area contributed by atoms with Crippen LogP contribution in [-0.4, -0.2) is 25.3 Å². The molecule has 0 atom stereocenters. The zero-order valence-electron chi connectivity index (χ0n) is 14.5. The average Bonchev–Trinajstić information content (AvgIpc) is 3.29. The molecule has 0 bridgehead atoms. The number of carbonyl (C=O) groups is 1. The molecule has 0 amide bonds. The summed E-state index contributed by atoms with van der Waals surface area (Å²) in [5.41, 5.74) is 2.33. The SMILES string of the molecule is Cc1nnsc1C(=O)n1nc(Nc2ccccc2)cc1Nc1ccccc1. The number of hydrogen-bond acceptors (Lipinski definition) is 7. The predicted molar refractivity (Wildman–Crippen MR) is 106 cm³/mol. The standard InChI is InChI=1S/C19H16N6OS/c1-13-18(27-24-22-13)19(26)25-17(21-15-10-6-3-7-11-15)12-16(23-25)20-14-8-4-2-5-9-14/h2-12,21H,1H3,(H,20,23). The van der Waals surface area contributed by atoms with Crippen molar-refractivity contribution in [2.45, 2.75) is 6.92 Å². The number of anilines is 4. The first-order valence-corrected chi connectivity index (χ1v) is 9.06. The summed E-state index contributed by atoms with van der Waals surface area (Å²) in [6, 6.07) is 21.1. The molecule has 0 saturated carbocycles. The molecule has 2 aromatic carbocycles. The molecule has 2 aromatic heterocycles. The van der Waals surface area contributed by atoms with Gasteiger partial charge in [-0.2, -0.15) is 4.68 Å². The monoisotopic (exact) mass is 376 g/mol. The minimum atomic E-state index is -0.276. The highest BCUT2D eigenvalue weighted by Crippen LogP contribution is 2.24. The predicted octanol–water partition coefficient (Wildman–Crippen LogP) is 4.22. The highest BCUT2D eigenvalue weighted by atomic mass is 32.1. The maximum Gasteiger partial charge on any atom is 0.293 e. The zero-order valence-corrected chi connectivity index (χ0v) is 15.3. The van der Waals surface area contributed by atoms with Gasteiger partial charge in [-0.25, -0.2) is 0 Å². The fourth-order valence-corrected chi connectivity index (χ4v) is 3.13. The van der Waals surface area contributed by atoms with Crippen molar-refractivity contribution in [1.29, 1.82) is 0 Å². The minimum Gasteiger partial charge on any atom is -0.340 e. The van der Waals surface area contributed by atoms with Crippen molar-refractivity contribution in [2.75, 3.05) is 10.6 Å². The van der Waals surface area contributed by atoms with E-state index in [2.05, 4.69) is 25.3 Å². The number of benzene rings is 2. The summed E-state index contributed by atoms with van der Waals surface area (Å²) in [6.07, 6.45) is 0. The first-order chi connectivity index (χ1) is 13.2. The summed E-state index contributed by atoms with van der Waals surface area (Å²) in [5.74, 6) is 0.836. The normalized spacial score (nSPS) is 10.6. The summed E-state index contributed by atoms with van der Waals surface area (Å²) in [6.45, 7) is 1.76. The second kappa shape index (κ2) is 7.38. The maximum absolute atomic E-state index is 13.0. The molecule has 0 aliphatic carbocycles. The van der Waals surface area contributed by atoms with Crippen LogP contribution in [0.25, 0.3) is 0 Å². The molecule has 4 rings (SSSR count).